The maximum Gasteiger partial charge on any atom is 0.397 e. The van der Waals surface area contributed by atoms with E-state index in [0.29, 0.717) is 16.8 Å². The van der Waals surface area contributed by atoms with E-state index < -0.39 is 5.63 Å². The molecule has 2 aromatic rings. The van der Waals surface area contributed by atoms with Crippen LogP contribution in [0.15, 0.2) is 33.5 Å². The number of thiocarbonyl (C=S) groups is 1. The molecule has 1 aliphatic carbocycles. The summed E-state index contributed by atoms with van der Waals surface area (Å²) < 4.78 is 10.7. The molecule has 1 fully saturated rings. The van der Waals surface area contributed by atoms with Crippen molar-refractivity contribution in [2.24, 2.45) is 0 Å². The first-order valence-corrected chi connectivity index (χ1v) is 8.12. The van der Waals surface area contributed by atoms with Crippen molar-refractivity contribution in [1.29, 1.82) is 0 Å². The van der Waals surface area contributed by atoms with Gasteiger partial charge in [-0.3, -0.25) is 4.79 Å². The molecule has 0 spiro atoms. The monoisotopic (exact) mass is 344 g/mol. The SMILES string of the molecule is C/C=C/C(=O)Nc1cc(C=S)cc2nc(OC3CCC3)oc(=O)c12. The van der Waals surface area contributed by atoms with E-state index in [2.05, 4.69) is 10.3 Å². The number of aromatic nitrogens is 1. The van der Waals surface area contributed by atoms with Gasteiger partial charge in [0.1, 0.15) is 11.5 Å². The van der Waals surface area contributed by atoms with Crippen LogP contribution in [0.4, 0.5) is 5.69 Å². The lowest BCUT2D eigenvalue weighted by atomic mass is 9.96. The van der Waals surface area contributed by atoms with Crippen LogP contribution >= 0.6 is 12.2 Å². The second kappa shape index (κ2) is 6.92. The van der Waals surface area contributed by atoms with Crippen molar-refractivity contribution in [3.05, 3.63) is 40.3 Å². The Bertz CT molecular complexity index is 884. The summed E-state index contributed by atoms with van der Waals surface area (Å²) in [4.78, 5) is 28.4. The van der Waals surface area contributed by atoms with Crippen molar-refractivity contribution in [1.82, 2.24) is 4.98 Å². The van der Waals surface area contributed by atoms with Gasteiger partial charge in [-0.1, -0.05) is 18.3 Å². The molecule has 0 unspecified atom stereocenters. The Hall–Kier alpha value is -2.54. The van der Waals surface area contributed by atoms with E-state index in [1.165, 1.54) is 11.4 Å². The second-order valence-corrected chi connectivity index (χ2v) is 5.74. The molecule has 1 saturated carbocycles. The zero-order chi connectivity index (χ0) is 17.1. The van der Waals surface area contributed by atoms with Crippen molar-refractivity contribution in [2.45, 2.75) is 32.3 Å². The van der Waals surface area contributed by atoms with Crippen molar-refractivity contribution >= 4 is 40.1 Å². The summed E-state index contributed by atoms with van der Waals surface area (Å²) in [5.74, 6) is -0.352. The summed E-state index contributed by atoms with van der Waals surface area (Å²) in [6.45, 7) is 1.73. The molecule has 124 valence electrons. The van der Waals surface area contributed by atoms with Gasteiger partial charge in [0.15, 0.2) is 0 Å². The zero-order valence-corrected chi connectivity index (χ0v) is 13.9. The van der Waals surface area contributed by atoms with Crippen LogP contribution < -0.4 is 15.7 Å². The first-order chi connectivity index (χ1) is 11.6. The normalized spacial score (nSPS) is 14.5. The molecule has 0 bridgehead atoms. The van der Waals surface area contributed by atoms with E-state index in [9.17, 15) is 9.59 Å². The average Bonchev–Trinajstić information content (AvgIpc) is 2.50. The third kappa shape index (κ3) is 3.35. The predicted octanol–water partition coefficient (Wildman–Crippen LogP) is 2.98. The summed E-state index contributed by atoms with van der Waals surface area (Å²) in [6, 6.07) is 3.28. The third-order valence-electron chi connectivity index (χ3n) is 3.77. The molecule has 1 amide bonds. The van der Waals surface area contributed by atoms with Gasteiger partial charge in [-0.25, -0.2) is 4.79 Å². The van der Waals surface area contributed by atoms with Gasteiger partial charge in [-0.2, -0.15) is 4.98 Å². The fourth-order valence-electron chi connectivity index (χ4n) is 2.38. The van der Waals surface area contributed by atoms with Crippen molar-refractivity contribution < 1.29 is 13.9 Å². The maximum absolute atomic E-state index is 12.4. The zero-order valence-electron chi connectivity index (χ0n) is 13.1. The second-order valence-electron chi connectivity index (χ2n) is 5.51. The van der Waals surface area contributed by atoms with Crippen LogP contribution in [-0.4, -0.2) is 22.4 Å². The van der Waals surface area contributed by atoms with Crippen molar-refractivity contribution in [3.8, 4) is 6.08 Å². The lowest BCUT2D eigenvalue weighted by molar-refractivity contribution is -0.111. The number of rotatable bonds is 5. The minimum absolute atomic E-state index is 0.0423. The van der Waals surface area contributed by atoms with E-state index in [1.54, 1.807) is 25.1 Å². The Labute approximate surface area is 143 Å². The first kappa shape index (κ1) is 16.3. The largest absolute Gasteiger partial charge is 0.447 e. The van der Waals surface area contributed by atoms with Crippen LogP contribution in [0.5, 0.6) is 6.08 Å². The minimum atomic E-state index is -0.610. The fourth-order valence-corrected chi connectivity index (χ4v) is 2.51. The molecule has 0 saturated heterocycles. The molecule has 0 atom stereocenters. The number of hydrogen-bond acceptors (Lipinski definition) is 6. The lowest BCUT2D eigenvalue weighted by Gasteiger charge is -2.24. The number of anilines is 1. The summed E-state index contributed by atoms with van der Waals surface area (Å²) >= 11 is 4.96. The van der Waals surface area contributed by atoms with Crippen LogP contribution in [-0.2, 0) is 4.79 Å². The van der Waals surface area contributed by atoms with Gasteiger partial charge in [-0.05, 0) is 50.0 Å². The van der Waals surface area contributed by atoms with E-state index >= 15 is 0 Å². The van der Waals surface area contributed by atoms with Crippen molar-refractivity contribution in [3.63, 3.8) is 0 Å². The lowest BCUT2D eigenvalue weighted by Crippen LogP contribution is -2.25. The standard InChI is InChI=1S/C17H16N2O4S/c1-2-4-14(20)18-12-7-10(9-24)8-13-15(12)16(21)23-17(19-13)22-11-5-3-6-11/h2,4,7-9,11H,3,5-6H2,1H3,(H,18,20)/b4-2+. The minimum Gasteiger partial charge on any atom is -0.447 e. The first-order valence-electron chi connectivity index (χ1n) is 7.65. The number of carbonyl (C=O) groups excluding carboxylic acids is 1. The highest BCUT2D eigenvalue weighted by Crippen LogP contribution is 2.26. The molecular weight excluding hydrogens is 328 g/mol. The number of hydrogen-bond donors (Lipinski definition) is 1. The van der Waals surface area contributed by atoms with Gasteiger partial charge in [0.25, 0.3) is 0 Å². The molecule has 0 radical (unpaired) electrons. The molecule has 7 heteroatoms. The Kier molecular flexibility index (Phi) is 4.71. The summed E-state index contributed by atoms with van der Waals surface area (Å²) in [5.41, 5.74) is 0.722. The van der Waals surface area contributed by atoms with Gasteiger partial charge in [-0.15, -0.1) is 0 Å². The number of nitrogens with one attached hydrogen (secondary N) is 1. The highest BCUT2D eigenvalue weighted by molar-refractivity contribution is 7.79. The Balaban J connectivity index is 2.07. The third-order valence-corrected chi connectivity index (χ3v) is 4.04. The molecule has 1 aliphatic rings. The number of ether oxygens (including phenoxy) is 1. The molecule has 1 N–H and O–H groups in total. The highest BCUT2D eigenvalue weighted by Gasteiger charge is 2.22. The number of amides is 1. The van der Waals surface area contributed by atoms with Gasteiger partial charge < -0.3 is 14.5 Å². The van der Waals surface area contributed by atoms with E-state index in [1.807, 2.05) is 0 Å². The quantitative estimate of drug-likeness (QED) is 0.663. The number of fused-ring (bicyclic) bond motifs is 1. The van der Waals surface area contributed by atoms with Gasteiger partial charge >= 0.3 is 11.7 Å². The summed E-state index contributed by atoms with van der Waals surface area (Å²) in [6.07, 6.45) is 5.90. The van der Waals surface area contributed by atoms with Gasteiger partial charge in [0, 0.05) is 5.37 Å². The van der Waals surface area contributed by atoms with E-state index in [4.69, 9.17) is 21.4 Å². The number of benzene rings is 1. The van der Waals surface area contributed by atoms with Gasteiger partial charge in [0.05, 0.1) is 11.2 Å². The predicted molar refractivity (Wildman–Crippen MR) is 94.7 cm³/mol. The number of allylic oxidation sites excluding steroid dienone is 1. The number of carbonyl (C=O) groups is 1. The van der Waals surface area contributed by atoms with Crippen LogP contribution in [0.2, 0.25) is 0 Å². The molecule has 0 aliphatic heterocycles. The topological polar surface area (TPSA) is 81.4 Å². The molecule has 24 heavy (non-hydrogen) atoms. The fraction of sp³-hybridized carbons (Fsp3) is 0.294. The maximum atomic E-state index is 12.4. The van der Waals surface area contributed by atoms with Crippen LogP contribution in [0.1, 0.15) is 31.7 Å². The summed E-state index contributed by atoms with van der Waals surface area (Å²) in [7, 11) is 0. The Morgan fingerprint density at radius 1 is 1.46 bits per heavy atom. The van der Waals surface area contributed by atoms with Crippen LogP contribution in [0.25, 0.3) is 10.9 Å². The smallest absolute Gasteiger partial charge is 0.397 e. The molecule has 3 rings (SSSR count). The van der Waals surface area contributed by atoms with Crippen molar-refractivity contribution in [2.75, 3.05) is 5.32 Å². The van der Waals surface area contributed by atoms with E-state index in [0.717, 1.165) is 19.3 Å². The molecule has 6 nitrogen and oxygen atoms in total. The number of nitrogens with zero attached hydrogens (tertiary/aromatic N) is 1. The van der Waals surface area contributed by atoms with Crippen LogP contribution in [0.3, 0.4) is 0 Å². The molecular formula is C17H16N2O4S. The van der Waals surface area contributed by atoms with Gasteiger partial charge in [0.2, 0.25) is 5.91 Å². The highest BCUT2D eigenvalue weighted by atomic mass is 32.1. The molecule has 1 aromatic heterocycles. The summed E-state index contributed by atoms with van der Waals surface area (Å²) in [5, 5.41) is 4.29. The molecule has 1 aromatic carbocycles. The van der Waals surface area contributed by atoms with E-state index in [-0.39, 0.29) is 23.5 Å². The average molecular weight is 344 g/mol. The Morgan fingerprint density at radius 2 is 2.25 bits per heavy atom. The molecule has 1 heterocycles. The Morgan fingerprint density at radius 3 is 2.88 bits per heavy atom. The van der Waals surface area contributed by atoms with Crippen LogP contribution in [0, 0.1) is 0 Å².